The SMILES string of the molecule is CCCCCCCCCOc1ccc(-c2ccc(CCCCCCC)cn2)cc1.CCCCCCCCOc1ccc(-c2ccc(CCCCCCC)cn2)cc1.CCCCCCCOc1ccc(-c2ccc(CCCCCCC)cn2)cc1.c1cncnc1. The number of pyridine rings is 3. The van der Waals surface area contributed by atoms with Gasteiger partial charge in [0.05, 0.1) is 36.9 Å². The van der Waals surface area contributed by atoms with Crippen molar-refractivity contribution in [1.29, 1.82) is 0 Å². The van der Waals surface area contributed by atoms with Crippen LogP contribution in [0.3, 0.4) is 0 Å². The van der Waals surface area contributed by atoms with Gasteiger partial charge in [-0.3, -0.25) is 15.0 Å². The molecule has 0 bridgehead atoms. The minimum absolute atomic E-state index is 0.814. The summed E-state index contributed by atoms with van der Waals surface area (Å²) in [7, 11) is 0. The fraction of sp³-hybridized carbons (Fsp3) is 0.549. The Bertz CT molecular complexity index is 2640. The van der Waals surface area contributed by atoms with Crippen LogP contribution in [0.1, 0.15) is 270 Å². The summed E-state index contributed by atoms with van der Waals surface area (Å²) >= 11 is 0. The van der Waals surface area contributed by atoms with E-state index in [0.29, 0.717) is 0 Å². The molecule has 0 radical (unpaired) electrons. The van der Waals surface area contributed by atoms with Crippen molar-refractivity contribution < 1.29 is 14.2 Å². The molecule has 0 N–H and O–H groups in total. The van der Waals surface area contributed by atoms with Gasteiger partial charge >= 0.3 is 0 Å². The summed E-state index contributed by atoms with van der Waals surface area (Å²) in [5, 5.41) is 0. The zero-order chi connectivity index (χ0) is 63.8. The molecule has 8 heteroatoms. The Balaban J connectivity index is 0.000000274. The molecule has 90 heavy (non-hydrogen) atoms. The van der Waals surface area contributed by atoms with Crippen LogP contribution in [0, 0.1) is 0 Å². The lowest BCUT2D eigenvalue weighted by atomic mass is 10.1. The number of benzene rings is 3. The van der Waals surface area contributed by atoms with Crippen molar-refractivity contribution in [3.8, 4) is 51.0 Å². The molecule has 0 atom stereocenters. The first kappa shape index (κ1) is 76.0. The zero-order valence-corrected chi connectivity index (χ0v) is 57.5. The van der Waals surface area contributed by atoms with E-state index in [1.807, 2.05) is 18.6 Å². The number of hydrogen-bond acceptors (Lipinski definition) is 8. The second-order valence-electron chi connectivity index (χ2n) is 24.5. The van der Waals surface area contributed by atoms with Crippen LogP contribution in [0.2, 0.25) is 0 Å². The van der Waals surface area contributed by atoms with E-state index in [4.69, 9.17) is 14.2 Å². The monoisotopic (exact) mass is 1220 g/mol. The molecular weight excluding hydrogens is 1100 g/mol. The molecule has 0 amide bonds. The fourth-order valence-electron chi connectivity index (χ4n) is 10.7. The maximum atomic E-state index is 5.90. The van der Waals surface area contributed by atoms with Gasteiger partial charge in [0.2, 0.25) is 0 Å². The van der Waals surface area contributed by atoms with Gasteiger partial charge in [-0.1, -0.05) is 233 Å². The summed E-state index contributed by atoms with van der Waals surface area (Å²) in [6, 6.07) is 40.0. The van der Waals surface area contributed by atoms with Gasteiger partial charge in [-0.25, -0.2) is 9.97 Å². The molecule has 0 unspecified atom stereocenters. The van der Waals surface area contributed by atoms with E-state index in [1.165, 1.54) is 216 Å². The van der Waals surface area contributed by atoms with Crippen molar-refractivity contribution in [2.24, 2.45) is 0 Å². The Morgan fingerprint density at radius 2 is 0.500 bits per heavy atom. The molecule has 8 nitrogen and oxygen atoms in total. The summed E-state index contributed by atoms with van der Waals surface area (Å²) in [6.07, 6.45) is 57.6. The van der Waals surface area contributed by atoms with Crippen LogP contribution in [0.25, 0.3) is 33.8 Å². The van der Waals surface area contributed by atoms with Gasteiger partial charge in [0, 0.05) is 47.7 Å². The summed E-state index contributed by atoms with van der Waals surface area (Å²) in [5.74, 6) is 2.88. The van der Waals surface area contributed by atoms with Crippen LogP contribution < -0.4 is 14.2 Å². The lowest BCUT2D eigenvalue weighted by molar-refractivity contribution is 0.304. The Morgan fingerprint density at radius 1 is 0.256 bits per heavy atom. The van der Waals surface area contributed by atoms with Crippen molar-refractivity contribution in [3.63, 3.8) is 0 Å². The quantitative estimate of drug-likeness (QED) is 0.0349. The minimum atomic E-state index is 0.814. The number of aromatic nitrogens is 5. The third kappa shape index (κ3) is 37.1. The summed E-state index contributed by atoms with van der Waals surface area (Å²) in [4.78, 5) is 21.3. The molecule has 0 aliphatic rings. The highest BCUT2D eigenvalue weighted by molar-refractivity contribution is 5.62. The lowest BCUT2D eigenvalue weighted by Gasteiger charge is -2.08. The Morgan fingerprint density at radius 3 is 0.711 bits per heavy atom. The summed E-state index contributed by atoms with van der Waals surface area (Å²) < 4.78 is 17.6. The van der Waals surface area contributed by atoms with Crippen molar-refractivity contribution in [1.82, 2.24) is 24.9 Å². The van der Waals surface area contributed by atoms with Gasteiger partial charge in [-0.15, -0.1) is 0 Å². The highest BCUT2D eigenvalue weighted by atomic mass is 16.5. The molecule has 7 aromatic rings. The van der Waals surface area contributed by atoms with Crippen molar-refractivity contribution in [3.05, 3.63) is 169 Å². The van der Waals surface area contributed by atoms with Crippen LogP contribution in [-0.4, -0.2) is 44.7 Å². The average molecular weight is 1220 g/mol. The number of unbranched alkanes of at least 4 members (excludes halogenated alkanes) is 27. The fourth-order valence-corrected chi connectivity index (χ4v) is 10.7. The second-order valence-corrected chi connectivity index (χ2v) is 24.5. The van der Waals surface area contributed by atoms with Gasteiger partial charge in [0.15, 0.2) is 0 Å². The van der Waals surface area contributed by atoms with Crippen LogP contribution in [-0.2, 0) is 19.3 Å². The molecule has 0 saturated carbocycles. The highest BCUT2D eigenvalue weighted by Gasteiger charge is 2.06. The number of hydrogen-bond donors (Lipinski definition) is 0. The molecule has 4 aromatic heterocycles. The van der Waals surface area contributed by atoms with Gasteiger partial charge in [-0.05, 0) is 172 Å². The normalized spacial score (nSPS) is 10.7. The minimum Gasteiger partial charge on any atom is -0.494 e. The smallest absolute Gasteiger partial charge is 0.119 e. The van der Waals surface area contributed by atoms with Crippen LogP contribution in [0.4, 0.5) is 0 Å². The Labute approximate surface area is 549 Å². The van der Waals surface area contributed by atoms with Gasteiger partial charge in [0.1, 0.15) is 23.6 Å². The van der Waals surface area contributed by atoms with Crippen LogP contribution >= 0.6 is 0 Å². The average Bonchev–Trinajstić information content (AvgIpc) is 3.50. The standard InChI is InChI=1S/C27H41NO.C26H39NO.C25H37NO.C4H4N2/c1-3-5-7-9-10-12-14-22-29-26-19-17-25(18-20-26)27-21-16-24(23-28-27)15-13-11-8-6-4-2;1-3-5-7-9-11-13-21-28-25-18-16-24(17-19-25)26-20-15-23(22-27-26)14-12-10-8-6-4-2;1-3-5-7-9-11-13-22-14-19-25(26-21-22)23-15-17-24(18-16-23)27-20-12-10-8-6-4-2;1-2-5-4-6-3-1/h16-21,23H,3-15,22H2,1-2H3;15-20,22H,3-14,21H2,1-2H3;14-19,21H,3-13,20H2,1-2H3;1-4H. The summed E-state index contributed by atoms with van der Waals surface area (Å²) in [6.45, 7) is 16.0. The van der Waals surface area contributed by atoms with E-state index in [0.717, 1.165) is 109 Å². The molecular formula is C82H121N5O3. The molecule has 3 aromatic carbocycles. The summed E-state index contributed by atoms with van der Waals surface area (Å²) in [5.41, 5.74) is 10.6. The van der Waals surface area contributed by atoms with E-state index in [9.17, 15) is 0 Å². The molecule has 0 spiro atoms. The molecule has 7 rings (SSSR count). The number of nitrogens with zero attached hydrogens (tertiary/aromatic N) is 5. The van der Waals surface area contributed by atoms with Crippen molar-refractivity contribution in [2.75, 3.05) is 19.8 Å². The van der Waals surface area contributed by atoms with Crippen LogP contribution in [0.15, 0.2) is 153 Å². The lowest BCUT2D eigenvalue weighted by Crippen LogP contribution is -1.97. The largest absolute Gasteiger partial charge is 0.494 e. The topological polar surface area (TPSA) is 92.1 Å². The Kier molecular flexibility index (Phi) is 45.0. The van der Waals surface area contributed by atoms with Gasteiger partial charge < -0.3 is 14.2 Å². The van der Waals surface area contributed by atoms with E-state index in [2.05, 4.69) is 176 Å². The van der Waals surface area contributed by atoms with E-state index < -0.39 is 0 Å². The Hall–Kier alpha value is -6.41. The molecule has 0 saturated heterocycles. The molecule has 0 aliphatic carbocycles. The van der Waals surface area contributed by atoms with Crippen molar-refractivity contribution in [2.45, 2.75) is 273 Å². The molecule has 492 valence electrons. The van der Waals surface area contributed by atoms with Crippen LogP contribution in [0.5, 0.6) is 17.2 Å². The van der Waals surface area contributed by atoms with Crippen molar-refractivity contribution >= 4 is 0 Å². The maximum absolute atomic E-state index is 5.90. The third-order valence-corrected chi connectivity index (χ3v) is 16.4. The number of ether oxygens (including phenoxy) is 3. The molecule has 0 aliphatic heterocycles. The zero-order valence-electron chi connectivity index (χ0n) is 57.5. The first-order chi connectivity index (χ1) is 44.5. The third-order valence-electron chi connectivity index (χ3n) is 16.4. The van der Waals surface area contributed by atoms with E-state index in [-0.39, 0.29) is 0 Å². The predicted octanol–water partition coefficient (Wildman–Crippen LogP) is 24.5. The van der Waals surface area contributed by atoms with E-state index in [1.54, 1.807) is 18.5 Å². The van der Waals surface area contributed by atoms with E-state index >= 15 is 0 Å². The maximum Gasteiger partial charge on any atom is 0.119 e. The van der Waals surface area contributed by atoms with Gasteiger partial charge in [0.25, 0.3) is 0 Å². The highest BCUT2D eigenvalue weighted by Crippen LogP contribution is 2.25. The number of aryl methyl sites for hydroxylation is 3. The second kappa shape index (κ2) is 53.3. The number of rotatable bonds is 45. The molecule has 0 fully saturated rings. The van der Waals surface area contributed by atoms with Gasteiger partial charge in [-0.2, -0.15) is 0 Å². The predicted molar refractivity (Wildman–Crippen MR) is 385 cm³/mol. The first-order valence-electron chi connectivity index (χ1n) is 36.2. The first-order valence-corrected chi connectivity index (χ1v) is 36.2. The molecule has 4 heterocycles.